The lowest BCUT2D eigenvalue weighted by atomic mass is 10.2. The van der Waals surface area contributed by atoms with E-state index >= 15 is 0 Å². The van der Waals surface area contributed by atoms with Crippen molar-refractivity contribution in [3.63, 3.8) is 0 Å². The van der Waals surface area contributed by atoms with Crippen LogP contribution in [0.4, 0.5) is 0 Å². The molecule has 0 radical (unpaired) electrons. The minimum Gasteiger partial charge on any atom is -0.347 e. The van der Waals surface area contributed by atoms with Crippen molar-refractivity contribution in [1.82, 2.24) is 24.8 Å². The third kappa shape index (κ3) is 3.24. The lowest BCUT2D eigenvalue weighted by Crippen LogP contribution is -2.40. The molecule has 0 saturated carbocycles. The number of aromatic nitrogens is 3. The van der Waals surface area contributed by atoms with Gasteiger partial charge in [-0.2, -0.15) is 0 Å². The summed E-state index contributed by atoms with van der Waals surface area (Å²) in [5, 5.41) is 10.9. The van der Waals surface area contributed by atoms with Crippen LogP contribution >= 0.6 is 0 Å². The molecule has 0 aliphatic carbocycles. The van der Waals surface area contributed by atoms with E-state index in [1.165, 1.54) is 0 Å². The Labute approximate surface area is 128 Å². The van der Waals surface area contributed by atoms with Crippen LogP contribution in [0, 0.1) is 0 Å². The van der Waals surface area contributed by atoms with Gasteiger partial charge < -0.3 is 10.2 Å². The second kappa shape index (κ2) is 6.55. The van der Waals surface area contributed by atoms with Crippen molar-refractivity contribution in [3.05, 3.63) is 30.2 Å². The Morgan fingerprint density at radius 2 is 2.14 bits per heavy atom. The van der Waals surface area contributed by atoms with Gasteiger partial charge in [0.1, 0.15) is 0 Å². The average molecular weight is 301 g/mol. The largest absolute Gasteiger partial charge is 0.347 e. The first kappa shape index (κ1) is 14.5. The van der Waals surface area contributed by atoms with E-state index in [2.05, 4.69) is 15.5 Å². The predicted octanol–water partition coefficient (Wildman–Crippen LogP) is 0.748. The Balaban J connectivity index is 1.57. The van der Waals surface area contributed by atoms with Crippen LogP contribution in [-0.2, 0) is 16.1 Å². The second-order valence-corrected chi connectivity index (χ2v) is 5.45. The first-order chi connectivity index (χ1) is 10.7. The van der Waals surface area contributed by atoms with E-state index in [1.807, 2.05) is 28.8 Å². The quantitative estimate of drug-likeness (QED) is 0.903. The van der Waals surface area contributed by atoms with E-state index in [-0.39, 0.29) is 18.4 Å². The van der Waals surface area contributed by atoms with Crippen LogP contribution < -0.4 is 5.32 Å². The topological polar surface area (TPSA) is 79.6 Å². The van der Waals surface area contributed by atoms with Gasteiger partial charge in [0.2, 0.25) is 11.8 Å². The average Bonchev–Trinajstić information content (AvgIpc) is 2.84. The summed E-state index contributed by atoms with van der Waals surface area (Å²) in [7, 11) is 0. The van der Waals surface area contributed by atoms with Crippen LogP contribution in [0.15, 0.2) is 24.4 Å². The molecule has 0 unspecified atom stereocenters. The van der Waals surface area contributed by atoms with Gasteiger partial charge in [-0.25, -0.2) is 0 Å². The molecule has 22 heavy (non-hydrogen) atoms. The SMILES string of the molecule is O=C(CN1CCCCCC1=O)NCc1nnc2ccccn12. The number of nitrogens with zero attached hydrogens (tertiary/aromatic N) is 4. The standard InChI is InChI=1S/C15H19N5O2/c21-14(11-19-8-4-1-2-7-15(19)22)16-10-13-18-17-12-6-3-5-9-20(12)13/h3,5-6,9H,1-2,4,7-8,10-11H2,(H,16,21). The lowest BCUT2D eigenvalue weighted by Gasteiger charge is -2.19. The molecular formula is C15H19N5O2. The van der Waals surface area contributed by atoms with E-state index in [0.717, 1.165) is 24.9 Å². The van der Waals surface area contributed by atoms with Crippen molar-refractivity contribution in [2.75, 3.05) is 13.1 Å². The summed E-state index contributed by atoms with van der Waals surface area (Å²) in [6, 6.07) is 5.63. The maximum atomic E-state index is 12.0. The summed E-state index contributed by atoms with van der Waals surface area (Å²) in [6.07, 6.45) is 5.34. The molecule has 1 N–H and O–H groups in total. The number of pyridine rings is 1. The zero-order valence-electron chi connectivity index (χ0n) is 12.4. The number of hydrogen-bond acceptors (Lipinski definition) is 4. The minimum absolute atomic E-state index is 0.0700. The molecule has 0 aromatic carbocycles. The zero-order valence-corrected chi connectivity index (χ0v) is 12.4. The molecular weight excluding hydrogens is 282 g/mol. The van der Waals surface area contributed by atoms with E-state index < -0.39 is 0 Å². The Hall–Kier alpha value is -2.44. The molecule has 0 bridgehead atoms. The molecule has 3 heterocycles. The molecule has 1 aliphatic heterocycles. The second-order valence-electron chi connectivity index (χ2n) is 5.45. The summed E-state index contributed by atoms with van der Waals surface area (Å²) in [4.78, 5) is 25.6. The Morgan fingerprint density at radius 1 is 1.23 bits per heavy atom. The Morgan fingerprint density at radius 3 is 3.05 bits per heavy atom. The molecule has 2 aromatic heterocycles. The van der Waals surface area contributed by atoms with Crippen LogP contribution in [0.1, 0.15) is 31.5 Å². The maximum absolute atomic E-state index is 12.0. The Bertz CT molecular complexity index is 681. The zero-order chi connectivity index (χ0) is 15.4. The van der Waals surface area contributed by atoms with Gasteiger partial charge >= 0.3 is 0 Å². The normalized spacial score (nSPS) is 15.8. The van der Waals surface area contributed by atoms with E-state index in [4.69, 9.17) is 0 Å². The minimum atomic E-state index is -0.164. The molecule has 0 atom stereocenters. The van der Waals surface area contributed by atoms with Gasteiger partial charge in [0.15, 0.2) is 11.5 Å². The maximum Gasteiger partial charge on any atom is 0.240 e. The summed E-state index contributed by atoms with van der Waals surface area (Å²) >= 11 is 0. The Kier molecular flexibility index (Phi) is 4.32. The number of fused-ring (bicyclic) bond motifs is 1. The third-order valence-electron chi connectivity index (χ3n) is 3.83. The predicted molar refractivity (Wildman–Crippen MR) is 79.9 cm³/mol. The number of likely N-dealkylation sites (tertiary alicyclic amines) is 1. The summed E-state index contributed by atoms with van der Waals surface area (Å²) < 4.78 is 1.83. The van der Waals surface area contributed by atoms with Crippen molar-refractivity contribution in [3.8, 4) is 0 Å². The van der Waals surface area contributed by atoms with Gasteiger partial charge in [0, 0.05) is 19.2 Å². The first-order valence-corrected chi connectivity index (χ1v) is 7.57. The van der Waals surface area contributed by atoms with E-state index in [9.17, 15) is 9.59 Å². The molecule has 1 fully saturated rings. The molecule has 1 aliphatic rings. The number of carbonyl (C=O) groups excluding carboxylic acids is 2. The van der Waals surface area contributed by atoms with Crippen molar-refractivity contribution in [1.29, 1.82) is 0 Å². The first-order valence-electron chi connectivity index (χ1n) is 7.57. The fourth-order valence-electron chi connectivity index (χ4n) is 2.62. The van der Waals surface area contributed by atoms with Gasteiger partial charge in [-0.05, 0) is 25.0 Å². The van der Waals surface area contributed by atoms with Crippen LogP contribution in [0.2, 0.25) is 0 Å². The highest BCUT2D eigenvalue weighted by molar-refractivity contribution is 5.84. The van der Waals surface area contributed by atoms with Gasteiger partial charge in [0.25, 0.3) is 0 Å². The van der Waals surface area contributed by atoms with Crippen molar-refractivity contribution in [2.24, 2.45) is 0 Å². The highest BCUT2D eigenvalue weighted by atomic mass is 16.2. The molecule has 116 valence electrons. The van der Waals surface area contributed by atoms with Crippen LogP contribution in [0.5, 0.6) is 0 Å². The molecule has 7 heteroatoms. The highest BCUT2D eigenvalue weighted by Crippen LogP contribution is 2.10. The lowest BCUT2D eigenvalue weighted by molar-refractivity contribution is -0.135. The summed E-state index contributed by atoms with van der Waals surface area (Å²) in [5.74, 6) is 0.578. The molecule has 3 rings (SSSR count). The number of nitrogens with one attached hydrogen (secondary N) is 1. The van der Waals surface area contributed by atoms with Crippen LogP contribution in [0.3, 0.4) is 0 Å². The highest BCUT2D eigenvalue weighted by Gasteiger charge is 2.19. The van der Waals surface area contributed by atoms with Gasteiger partial charge in [0.05, 0.1) is 13.1 Å². The fraction of sp³-hybridized carbons (Fsp3) is 0.467. The monoisotopic (exact) mass is 301 g/mol. The van der Waals surface area contributed by atoms with Crippen molar-refractivity contribution >= 4 is 17.5 Å². The smallest absolute Gasteiger partial charge is 0.240 e. The molecule has 2 amide bonds. The van der Waals surface area contributed by atoms with Crippen LogP contribution in [0.25, 0.3) is 5.65 Å². The van der Waals surface area contributed by atoms with Gasteiger partial charge in [-0.3, -0.25) is 14.0 Å². The number of rotatable bonds is 4. The van der Waals surface area contributed by atoms with E-state index in [1.54, 1.807) is 4.90 Å². The summed E-state index contributed by atoms with van der Waals surface area (Å²) in [5.41, 5.74) is 0.745. The molecule has 1 saturated heterocycles. The van der Waals surface area contributed by atoms with Crippen LogP contribution in [-0.4, -0.2) is 44.4 Å². The van der Waals surface area contributed by atoms with Gasteiger partial charge in [-0.15, -0.1) is 10.2 Å². The van der Waals surface area contributed by atoms with Crippen molar-refractivity contribution in [2.45, 2.75) is 32.2 Å². The fourth-order valence-corrected chi connectivity index (χ4v) is 2.62. The van der Waals surface area contributed by atoms with Crippen molar-refractivity contribution < 1.29 is 9.59 Å². The molecule has 7 nitrogen and oxygen atoms in total. The van der Waals surface area contributed by atoms with Gasteiger partial charge in [-0.1, -0.05) is 12.5 Å². The number of carbonyl (C=O) groups is 2. The van der Waals surface area contributed by atoms with E-state index in [0.29, 0.717) is 25.3 Å². The number of hydrogen-bond donors (Lipinski definition) is 1. The summed E-state index contributed by atoms with van der Waals surface area (Å²) in [6.45, 7) is 1.09. The molecule has 2 aromatic rings. The molecule has 0 spiro atoms. The number of amides is 2. The third-order valence-corrected chi connectivity index (χ3v) is 3.83.